The number of hydrogen-bond acceptors (Lipinski definition) is 3. The number of carbonyl (C=O) groups excluding carboxylic acids is 1. The van der Waals surface area contributed by atoms with E-state index in [1.54, 1.807) is 0 Å². The molecular formula is C6H11BrN2O2S. The topological polar surface area (TPSA) is 58.5 Å². The number of hydrogen-bond donors (Lipinski definition) is 1. The Balaban J connectivity index is 2.75. The minimum atomic E-state index is -2.22. The van der Waals surface area contributed by atoms with Crippen LogP contribution in [0.5, 0.6) is 0 Å². The first-order valence-electron chi connectivity index (χ1n) is 3.68. The van der Waals surface area contributed by atoms with Crippen LogP contribution in [0.2, 0.25) is 0 Å². The minimum absolute atomic E-state index is 0.164. The highest BCUT2D eigenvalue weighted by Gasteiger charge is 2.15. The molecule has 1 fully saturated rings. The molecule has 0 atom stereocenters. The molecule has 1 N–H and O–H groups in total. The SMILES string of the molecule is O=C(CBr)N=S1(=O)CCNCC1. The normalized spacial score (nSPS) is 21.8. The van der Waals surface area contributed by atoms with Crippen molar-refractivity contribution in [3.05, 3.63) is 0 Å². The Morgan fingerprint density at radius 2 is 2.08 bits per heavy atom. The van der Waals surface area contributed by atoms with E-state index >= 15 is 0 Å². The van der Waals surface area contributed by atoms with Crippen molar-refractivity contribution in [3.8, 4) is 0 Å². The van der Waals surface area contributed by atoms with Crippen molar-refractivity contribution in [1.29, 1.82) is 0 Å². The molecule has 0 radical (unpaired) electrons. The summed E-state index contributed by atoms with van der Waals surface area (Å²) in [5.74, 6) is 0.666. The molecule has 0 aromatic rings. The summed E-state index contributed by atoms with van der Waals surface area (Å²) in [6.45, 7) is 1.38. The van der Waals surface area contributed by atoms with Crippen LogP contribution < -0.4 is 5.32 Å². The van der Waals surface area contributed by atoms with E-state index in [1.165, 1.54) is 0 Å². The fourth-order valence-corrected chi connectivity index (χ4v) is 3.03. The third kappa shape index (κ3) is 2.84. The number of nitrogens with zero attached hydrogens (tertiary/aromatic N) is 1. The summed E-state index contributed by atoms with van der Waals surface area (Å²) in [5, 5.41) is 3.23. The van der Waals surface area contributed by atoms with Gasteiger partial charge in [0.05, 0.1) is 15.1 Å². The van der Waals surface area contributed by atoms with E-state index in [9.17, 15) is 9.00 Å². The third-order valence-electron chi connectivity index (χ3n) is 1.58. The predicted octanol–water partition coefficient (Wildman–Crippen LogP) is -0.0209. The molecule has 0 spiro atoms. The number of amides is 1. The average molecular weight is 255 g/mol. The Labute approximate surface area is 80.4 Å². The standard InChI is InChI=1S/C6H11BrN2O2S/c7-5-6(10)9-12(11)3-1-8-2-4-12/h8H,1-5H2. The quantitative estimate of drug-likeness (QED) is 0.670. The first-order valence-corrected chi connectivity index (χ1v) is 6.66. The Kier molecular flexibility index (Phi) is 3.67. The van der Waals surface area contributed by atoms with E-state index in [-0.39, 0.29) is 11.2 Å². The second-order valence-corrected chi connectivity index (χ2v) is 5.65. The molecular weight excluding hydrogens is 244 g/mol. The molecule has 0 aliphatic carbocycles. The number of nitrogens with one attached hydrogen (secondary N) is 1. The van der Waals surface area contributed by atoms with E-state index in [1.807, 2.05) is 0 Å². The van der Waals surface area contributed by atoms with Gasteiger partial charge in [-0.15, -0.1) is 0 Å². The average Bonchev–Trinajstić information content (AvgIpc) is 2.05. The maximum absolute atomic E-state index is 11.7. The largest absolute Gasteiger partial charge is 0.315 e. The van der Waals surface area contributed by atoms with Gasteiger partial charge in [-0.25, -0.2) is 4.21 Å². The molecule has 0 unspecified atom stereocenters. The zero-order valence-electron chi connectivity index (χ0n) is 6.59. The third-order valence-corrected chi connectivity index (χ3v) is 4.28. The molecule has 1 aliphatic rings. The summed E-state index contributed by atoms with van der Waals surface area (Å²) in [5.41, 5.74) is 0. The Bertz CT molecular complexity index is 271. The van der Waals surface area contributed by atoms with Crippen LogP contribution in [0, 0.1) is 0 Å². The van der Waals surface area contributed by atoms with Gasteiger partial charge in [0.1, 0.15) is 0 Å². The van der Waals surface area contributed by atoms with Crippen molar-refractivity contribution in [3.63, 3.8) is 0 Å². The van der Waals surface area contributed by atoms with Gasteiger partial charge in [-0.3, -0.25) is 4.79 Å². The molecule has 1 amide bonds. The molecule has 1 aliphatic heterocycles. The van der Waals surface area contributed by atoms with Gasteiger partial charge in [-0.05, 0) is 0 Å². The Morgan fingerprint density at radius 1 is 1.50 bits per heavy atom. The molecule has 0 aromatic heterocycles. The number of halogens is 1. The molecule has 0 bridgehead atoms. The van der Waals surface area contributed by atoms with Gasteiger partial charge in [0.25, 0.3) is 5.91 Å². The van der Waals surface area contributed by atoms with Crippen LogP contribution in [0.4, 0.5) is 0 Å². The van der Waals surface area contributed by atoms with Crippen LogP contribution in [0.25, 0.3) is 0 Å². The molecule has 0 aromatic carbocycles. The molecule has 1 heterocycles. The highest BCUT2D eigenvalue weighted by molar-refractivity contribution is 9.09. The molecule has 1 rings (SSSR count). The monoisotopic (exact) mass is 254 g/mol. The van der Waals surface area contributed by atoms with E-state index in [0.29, 0.717) is 24.6 Å². The van der Waals surface area contributed by atoms with Crippen LogP contribution in [-0.4, -0.2) is 40.0 Å². The molecule has 0 saturated carbocycles. The summed E-state index contributed by atoms with van der Waals surface area (Å²) in [4.78, 5) is 10.9. The summed E-state index contributed by atoms with van der Waals surface area (Å²) in [7, 11) is -2.22. The van der Waals surface area contributed by atoms with Crippen molar-refractivity contribution in [2.75, 3.05) is 29.9 Å². The lowest BCUT2D eigenvalue weighted by atomic mass is 10.6. The molecule has 12 heavy (non-hydrogen) atoms. The molecule has 6 heteroatoms. The van der Waals surface area contributed by atoms with E-state index in [4.69, 9.17) is 0 Å². The summed E-state index contributed by atoms with van der Waals surface area (Å²) in [6.07, 6.45) is 0. The van der Waals surface area contributed by atoms with Gasteiger partial charge >= 0.3 is 0 Å². The Morgan fingerprint density at radius 3 is 2.58 bits per heavy atom. The van der Waals surface area contributed by atoms with Crippen LogP contribution in [-0.2, 0) is 14.5 Å². The van der Waals surface area contributed by atoms with Gasteiger partial charge in [0, 0.05) is 24.6 Å². The van der Waals surface area contributed by atoms with E-state index < -0.39 is 9.73 Å². The van der Waals surface area contributed by atoms with Gasteiger partial charge < -0.3 is 5.32 Å². The first kappa shape index (κ1) is 10.1. The molecule has 70 valence electrons. The fourth-order valence-electron chi connectivity index (χ4n) is 0.992. The fraction of sp³-hybridized carbons (Fsp3) is 0.833. The maximum Gasteiger partial charge on any atom is 0.264 e. The summed E-state index contributed by atoms with van der Waals surface area (Å²) in [6, 6.07) is 0. The first-order chi connectivity index (χ1) is 5.66. The van der Waals surface area contributed by atoms with Crippen molar-refractivity contribution in [2.45, 2.75) is 0 Å². The highest BCUT2D eigenvalue weighted by Crippen LogP contribution is 2.01. The lowest BCUT2D eigenvalue weighted by molar-refractivity contribution is -0.115. The van der Waals surface area contributed by atoms with Crippen LogP contribution in [0.1, 0.15) is 0 Å². The number of rotatable bonds is 1. The lowest BCUT2D eigenvalue weighted by Gasteiger charge is -2.15. The van der Waals surface area contributed by atoms with Crippen LogP contribution >= 0.6 is 15.9 Å². The van der Waals surface area contributed by atoms with E-state index in [0.717, 1.165) is 0 Å². The Hall–Kier alpha value is 0.0600. The zero-order chi connectivity index (χ0) is 9.03. The summed E-state index contributed by atoms with van der Waals surface area (Å²) < 4.78 is 15.4. The minimum Gasteiger partial charge on any atom is -0.315 e. The smallest absolute Gasteiger partial charge is 0.264 e. The van der Waals surface area contributed by atoms with Gasteiger partial charge in [-0.1, -0.05) is 15.9 Å². The van der Waals surface area contributed by atoms with Gasteiger partial charge in [0.2, 0.25) is 0 Å². The van der Waals surface area contributed by atoms with Crippen molar-refractivity contribution in [1.82, 2.24) is 5.32 Å². The van der Waals surface area contributed by atoms with Crippen molar-refractivity contribution in [2.24, 2.45) is 4.36 Å². The van der Waals surface area contributed by atoms with Crippen LogP contribution in [0.15, 0.2) is 4.36 Å². The lowest BCUT2D eigenvalue weighted by Crippen LogP contribution is -2.36. The van der Waals surface area contributed by atoms with Gasteiger partial charge in [0.15, 0.2) is 0 Å². The number of alkyl halides is 1. The van der Waals surface area contributed by atoms with Crippen LogP contribution in [0.3, 0.4) is 0 Å². The predicted molar refractivity (Wildman–Crippen MR) is 52.0 cm³/mol. The van der Waals surface area contributed by atoms with Crippen molar-refractivity contribution >= 4 is 31.6 Å². The second-order valence-electron chi connectivity index (χ2n) is 2.55. The highest BCUT2D eigenvalue weighted by atomic mass is 79.9. The van der Waals surface area contributed by atoms with Gasteiger partial charge in [-0.2, -0.15) is 4.36 Å². The number of carbonyl (C=O) groups is 1. The zero-order valence-corrected chi connectivity index (χ0v) is 8.99. The molecule has 4 nitrogen and oxygen atoms in total. The van der Waals surface area contributed by atoms with E-state index in [2.05, 4.69) is 25.6 Å². The summed E-state index contributed by atoms with van der Waals surface area (Å²) >= 11 is 2.98. The van der Waals surface area contributed by atoms with Crippen molar-refractivity contribution < 1.29 is 9.00 Å². The molecule has 1 saturated heterocycles. The second kappa shape index (κ2) is 4.34. The maximum atomic E-state index is 11.7.